The number of rotatable bonds is 4. The lowest BCUT2D eigenvalue weighted by Gasteiger charge is -2.12. The van der Waals surface area contributed by atoms with Crippen LogP contribution in [0.15, 0.2) is 54.6 Å². The Bertz CT molecular complexity index is 994. The van der Waals surface area contributed by atoms with Crippen LogP contribution in [-0.2, 0) is 14.6 Å². The number of hydrogen-bond donors (Lipinski definition) is 1. The Morgan fingerprint density at radius 2 is 1.71 bits per heavy atom. The van der Waals surface area contributed by atoms with Gasteiger partial charge >= 0.3 is 0 Å². The molecule has 6 nitrogen and oxygen atoms in total. The molecule has 0 bridgehead atoms. The molecule has 0 aliphatic heterocycles. The Hall–Kier alpha value is -2.67. The Kier molecular flexibility index (Phi) is 4.11. The lowest BCUT2D eigenvalue weighted by molar-refractivity contribution is -0.115. The molecule has 1 aromatic heterocycles. The second-order valence-electron chi connectivity index (χ2n) is 5.56. The molecule has 0 saturated carbocycles. The van der Waals surface area contributed by atoms with Crippen molar-refractivity contribution in [3.05, 3.63) is 54.6 Å². The van der Waals surface area contributed by atoms with Gasteiger partial charge in [-0.05, 0) is 31.2 Å². The van der Waals surface area contributed by atoms with Gasteiger partial charge < -0.3 is 0 Å². The Labute approximate surface area is 140 Å². The third-order valence-corrected chi connectivity index (χ3v) is 5.32. The monoisotopic (exact) mass is 343 g/mol. The number of hydrogen-bond acceptors (Lipinski definition) is 4. The number of anilines is 1. The maximum absolute atomic E-state index is 12.3. The van der Waals surface area contributed by atoms with E-state index < -0.39 is 21.0 Å². The number of aromatic nitrogens is 2. The summed E-state index contributed by atoms with van der Waals surface area (Å²) in [6.45, 7) is 1.36. The van der Waals surface area contributed by atoms with Gasteiger partial charge in [0.15, 0.2) is 9.84 Å². The van der Waals surface area contributed by atoms with Crippen molar-refractivity contribution in [3.63, 3.8) is 0 Å². The number of carbonyl (C=O) groups is 1. The van der Waals surface area contributed by atoms with E-state index in [2.05, 4.69) is 10.3 Å². The SMILES string of the molecule is C[C@@H](C(=O)Nc1nc2ccccc2n1-c1ccccc1)S(C)(=O)=O. The highest BCUT2D eigenvalue weighted by Crippen LogP contribution is 2.24. The van der Waals surface area contributed by atoms with E-state index in [9.17, 15) is 13.2 Å². The summed E-state index contributed by atoms with van der Waals surface area (Å²) in [6.07, 6.45) is 1.04. The number of sulfone groups is 1. The molecular weight excluding hydrogens is 326 g/mol. The highest BCUT2D eigenvalue weighted by Gasteiger charge is 2.25. The second kappa shape index (κ2) is 6.09. The highest BCUT2D eigenvalue weighted by atomic mass is 32.2. The molecule has 0 aliphatic rings. The summed E-state index contributed by atoms with van der Waals surface area (Å²) in [5.74, 6) is -0.312. The van der Waals surface area contributed by atoms with Crippen LogP contribution in [0.25, 0.3) is 16.7 Å². The summed E-state index contributed by atoms with van der Waals surface area (Å²) >= 11 is 0. The van der Waals surface area contributed by atoms with Gasteiger partial charge in [-0.15, -0.1) is 0 Å². The van der Waals surface area contributed by atoms with E-state index in [4.69, 9.17) is 0 Å². The molecule has 0 radical (unpaired) electrons. The van der Waals surface area contributed by atoms with Crippen molar-refractivity contribution in [3.8, 4) is 5.69 Å². The number of fused-ring (bicyclic) bond motifs is 1. The Balaban J connectivity index is 2.10. The molecule has 0 unspecified atom stereocenters. The summed E-state index contributed by atoms with van der Waals surface area (Å²) in [6, 6.07) is 16.9. The summed E-state index contributed by atoms with van der Waals surface area (Å²) in [7, 11) is -3.48. The van der Waals surface area contributed by atoms with E-state index >= 15 is 0 Å². The van der Waals surface area contributed by atoms with Gasteiger partial charge in [0.2, 0.25) is 11.9 Å². The van der Waals surface area contributed by atoms with Gasteiger partial charge in [-0.2, -0.15) is 0 Å². The zero-order valence-corrected chi connectivity index (χ0v) is 14.1. The standard InChI is InChI=1S/C17H17N3O3S/c1-12(24(2,22)23)16(21)19-17-18-14-10-6-7-11-15(14)20(17)13-8-4-3-5-9-13/h3-12H,1-2H3,(H,18,19,21)/t12-/m0/s1. The molecule has 0 fully saturated rings. The van der Waals surface area contributed by atoms with Crippen molar-refractivity contribution in [2.45, 2.75) is 12.2 Å². The van der Waals surface area contributed by atoms with Crippen LogP contribution in [0, 0.1) is 0 Å². The van der Waals surface area contributed by atoms with Crippen molar-refractivity contribution >= 4 is 32.7 Å². The van der Waals surface area contributed by atoms with Gasteiger partial charge in [0.25, 0.3) is 0 Å². The van der Waals surface area contributed by atoms with E-state index in [0.717, 1.165) is 17.5 Å². The third kappa shape index (κ3) is 3.03. The summed E-state index contributed by atoms with van der Waals surface area (Å²) in [5, 5.41) is 1.49. The first-order valence-corrected chi connectivity index (χ1v) is 9.36. The van der Waals surface area contributed by atoms with Gasteiger partial charge in [0.1, 0.15) is 5.25 Å². The Morgan fingerprint density at radius 1 is 1.08 bits per heavy atom. The van der Waals surface area contributed by atoms with Gasteiger partial charge in [-0.25, -0.2) is 13.4 Å². The van der Waals surface area contributed by atoms with Crippen molar-refractivity contribution in [1.29, 1.82) is 0 Å². The number of nitrogens with one attached hydrogen (secondary N) is 1. The lowest BCUT2D eigenvalue weighted by Crippen LogP contribution is -2.32. The molecule has 0 saturated heterocycles. The molecule has 1 N–H and O–H groups in total. The molecular formula is C17H17N3O3S. The Morgan fingerprint density at radius 3 is 2.38 bits per heavy atom. The molecule has 2 aromatic carbocycles. The van der Waals surface area contributed by atoms with Crippen LogP contribution < -0.4 is 5.32 Å². The minimum Gasteiger partial charge on any atom is -0.295 e. The summed E-state index contributed by atoms with van der Waals surface area (Å²) in [5.41, 5.74) is 2.36. The van der Waals surface area contributed by atoms with Crippen LogP contribution >= 0.6 is 0 Å². The number of amides is 1. The zero-order valence-electron chi connectivity index (χ0n) is 13.3. The molecule has 0 spiro atoms. The van der Waals surface area contributed by atoms with Crippen LogP contribution in [0.4, 0.5) is 5.95 Å². The first-order valence-electron chi connectivity index (χ1n) is 7.40. The predicted molar refractivity (Wildman–Crippen MR) is 94.0 cm³/mol. The molecule has 1 heterocycles. The van der Waals surface area contributed by atoms with E-state index in [1.54, 1.807) is 4.57 Å². The van der Waals surface area contributed by atoms with Crippen molar-refractivity contribution in [2.75, 3.05) is 11.6 Å². The molecule has 1 amide bonds. The minimum atomic E-state index is -3.48. The summed E-state index contributed by atoms with van der Waals surface area (Å²) < 4.78 is 25.0. The van der Waals surface area contributed by atoms with Crippen LogP contribution in [0.5, 0.6) is 0 Å². The number of para-hydroxylation sites is 3. The number of imidazole rings is 1. The van der Waals surface area contributed by atoms with E-state index in [1.165, 1.54) is 6.92 Å². The number of carbonyl (C=O) groups excluding carboxylic acids is 1. The molecule has 3 rings (SSSR count). The maximum atomic E-state index is 12.3. The van der Waals surface area contributed by atoms with E-state index in [1.807, 2.05) is 54.6 Å². The molecule has 0 aliphatic carbocycles. The zero-order chi connectivity index (χ0) is 17.3. The minimum absolute atomic E-state index is 0.294. The highest BCUT2D eigenvalue weighted by molar-refractivity contribution is 7.92. The van der Waals surface area contributed by atoms with Crippen LogP contribution in [-0.4, -0.2) is 35.4 Å². The lowest BCUT2D eigenvalue weighted by atomic mass is 10.3. The maximum Gasteiger partial charge on any atom is 0.244 e. The average Bonchev–Trinajstić information content (AvgIpc) is 2.91. The molecule has 7 heteroatoms. The van der Waals surface area contributed by atoms with E-state index in [-0.39, 0.29) is 0 Å². The van der Waals surface area contributed by atoms with Crippen LogP contribution in [0.2, 0.25) is 0 Å². The topological polar surface area (TPSA) is 81.1 Å². The van der Waals surface area contributed by atoms with Gasteiger partial charge in [-0.1, -0.05) is 30.3 Å². The fourth-order valence-electron chi connectivity index (χ4n) is 2.35. The molecule has 24 heavy (non-hydrogen) atoms. The molecule has 1 atom stereocenters. The molecule has 3 aromatic rings. The van der Waals surface area contributed by atoms with Crippen LogP contribution in [0.1, 0.15) is 6.92 Å². The van der Waals surface area contributed by atoms with Crippen LogP contribution in [0.3, 0.4) is 0 Å². The van der Waals surface area contributed by atoms with Gasteiger partial charge in [0.05, 0.1) is 11.0 Å². The molecule has 124 valence electrons. The van der Waals surface area contributed by atoms with Crippen molar-refractivity contribution in [2.24, 2.45) is 0 Å². The smallest absolute Gasteiger partial charge is 0.244 e. The van der Waals surface area contributed by atoms with Gasteiger partial charge in [-0.3, -0.25) is 14.7 Å². The normalized spacial score (nSPS) is 12.9. The quantitative estimate of drug-likeness (QED) is 0.789. The first-order chi connectivity index (χ1) is 11.4. The predicted octanol–water partition coefficient (Wildman–Crippen LogP) is 2.40. The number of nitrogens with zero attached hydrogens (tertiary/aromatic N) is 2. The van der Waals surface area contributed by atoms with Crippen molar-refractivity contribution in [1.82, 2.24) is 9.55 Å². The average molecular weight is 343 g/mol. The fraction of sp³-hybridized carbons (Fsp3) is 0.176. The second-order valence-corrected chi connectivity index (χ2v) is 7.92. The largest absolute Gasteiger partial charge is 0.295 e. The van der Waals surface area contributed by atoms with E-state index in [0.29, 0.717) is 11.5 Å². The first kappa shape index (κ1) is 16.2. The van der Waals surface area contributed by atoms with Crippen molar-refractivity contribution < 1.29 is 13.2 Å². The summed E-state index contributed by atoms with van der Waals surface area (Å²) in [4.78, 5) is 16.7. The number of benzene rings is 2. The van der Waals surface area contributed by atoms with Gasteiger partial charge in [0, 0.05) is 11.9 Å². The third-order valence-electron chi connectivity index (χ3n) is 3.82. The fourth-order valence-corrected chi connectivity index (χ4v) is 2.80.